The fourth-order valence-corrected chi connectivity index (χ4v) is 1.76. The molecule has 0 atom stereocenters. The number of carbonyl (C=O) groups excluding carboxylic acids is 2. The quantitative estimate of drug-likeness (QED) is 0.696. The van der Waals surface area contributed by atoms with Gasteiger partial charge in [0.05, 0.1) is 0 Å². The molecule has 0 saturated heterocycles. The van der Waals surface area contributed by atoms with E-state index < -0.39 is 0 Å². The van der Waals surface area contributed by atoms with Crippen LogP contribution >= 0.6 is 0 Å². The molecule has 0 bridgehead atoms. The zero-order valence-electron chi connectivity index (χ0n) is 10.4. The number of carbonyl (C=O) groups is 2. The van der Waals surface area contributed by atoms with Crippen molar-refractivity contribution in [2.45, 2.75) is 12.8 Å². The number of hydrogen-bond acceptors (Lipinski definition) is 2. The highest BCUT2D eigenvalue weighted by Crippen LogP contribution is 2.04. The lowest BCUT2D eigenvalue weighted by Crippen LogP contribution is -3.00. The zero-order chi connectivity index (χ0) is 12.8. The Bertz CT molecular complexity index is 484. The number of ketones is 2. The van der Waals surface area contributed by atoms with Crippen molar-refractivity contribution in [3.63, 3.8) is 0 Å². The average Bonchev–Trinajstić information content (AvgIpc) is 2.41. The van der Waals surface area contributed by atoms with Crippen LogP contribution in [0.1, 0.15) is 11.1 Å². The highest BCUT2D eigenvalue weighted by molar-refractivity contribution is 6.38. The predicted octanol–water partition coefficient (Wildman–Crippen LogP) is -0.386. The summed E-state index contributed by atoms with van der Waals surface area (Å²) in [6, 6.07) is 18.7. The second-order valence-electron chi connectivity index (χ2n) is 4.17. The summed E-state index contributed by atoms with van der Waals surface area (Å²) in [5.74, 6) is -0.657. The molecule has 98 valence electrons. The summed E-state index contributed by atoms with van der Waals surface area (Å²) in [7, 11) is 0. The number of benzene rings is 2. The topological polar surface area (TPSA) is 34.1 Å². The van der Waals surface area contributed by atoms with Crippen molar-refractivity contribution in [2.75, 3.05) is 0 Å². The van der Waals surface area contributed by atoms with Gasteiger partial charge in [-0.25, -0.2) is 0 Å². The first-order chi connectivity index (χ1) is 8.75. The van der Waals surface area contributed by atoms with Crippen LogP contribution in [0.3, 0.4) is 0 Å². The molecule has 0 aliphatic carbocycles. The highest BCUT2D eigenvalue weighted by atomic mass is 35.5. The molecule has 0 spiro atoms. The van der Waals surface area contributed by atoms with E-state index in [1.807, 2.05) is 60.7 Å². The average molecular weight is 274 g/mol. The molecule has 2 rings (SSSR count). The van der Waals surface area contributed by atoms with Gasteiger partial charge in [-0.05, 0) is 11.1 Å². The van der Waals surface area contributed by atoms with E-state index in [-0.39, 0.29) is 36.8 Å². The Kier molecular flexibility index (Phi) is 5.97. The molecule has 0 amide bonds. The molecular weight excluding hydrogens is 260 g/mol. The maximum atomic E-state index is 11.8. The van der Waals surface area contributed by atoms with Crippen molar-refractivity contribution in [2.24, 2.45) is 0 Å². The van der Waals surface area contributed by atoms with Crippen LogP contribution < -0.4 is 12.4 Å². The first-order valence-electron chi connectivity index (χ1n) is 5.89. The zero-order valence-corrected chi connectivity index (χ0v) is 11.1. The van der Waals surface area contributed by atoms with Gasteiger partial charge >= 0.3 is 0 Å². The van der Waals surface area contributed by atoms with E-state index in [4.69, 9.17) is 0 Å². The fraction of sp³-hybridized carbons (Fsp3) is 0.125. The molecule has 0 heterocycles. The minimum atomic E-state index is -0.329. The van der Waals surface area contributed by atoms with Crippen molar-refractivity contribution >= 4 is 11.6 Å². The lowest BCUT2D eigenvalue weighted by molar-refractivity contribution is -0.135. The normalized spacial score (nSPS) is 9.47. The number of Topliss-reactive ketones (excluding diaryl/α,β-unsaturated/α-hetero) is 2. The van der Waals surface area contributed by atoms with Crippen LogP contribution in [0.25, 0.3) is 0 Å². The SMILES string of the molecule is O=C(Cc1ccccc1)C(=O)Cc1ccccc1.[Cl-]. The van der Waals surface area contributed by atoms with Crippen molar-refractivity contribution in [3.05, 3.63) is 71.8 Å². The Morgan fingerprint density at radius 3 is 1.26 bits per heavy atom. The maximum absolute atomic E-state index is 11.8. The maximum Gasteiger partial charge on any atom is 0.203 e. The summed E-state index contributed by atoms with van der Waals surface area (Å²) in [6.45, 7) is 0. The van der Waals surface area contributed by atoms with E-state index >= 15 is 0 Å². The van der Waals surface area contributed by atoms with Gasteiger partial charge in [0.1, 0.15) is 0 Å². The summed E-state index contributed by atoms with van der Waals surface area (Å²) in [5.41, 5.74) is 1.76. The van der Waals surface area contributed by atoms with Gasteiger partial charge < -0.3 is 12.4 Å². The van der Waals surface area contributed by atoms with Crippen molar-refractivity contribution in [3.8, 4) is 0 Å². The summed E-state index contributed by atoms with van der Waals surface area (Å²) in [4.78, 5) is 23.5. The van der Waals surface area contributed by atoms with E-state index in [1.54, 1.807) is 0 Å². The van der Waals surface area contributed by atoms with Crippen LogP contribution in [0, 0.1) is 0 Å². The van der Waals surface area contributed by atoms with Gasteiger partial charge in [-0.2, -0.15) is 0 Å². The third-order valence-corrected chi connectivity index (χ3v) is 2.73. The highest BCUT2D eigenvalue weighted by Gasteiger charge is 2.14. The monoisotopic (exact) mass is 273 g/mol. The smallest absolute Gasteiger partial charge is 0.203 e. The van der Waals surface area contributed by atoms with Crippen LogP contribution in [0.5, 0.6) is 0 Å². The Morgan fingerprint density at radius 2 is 0.947 bits per heavy atom. The van der Waals surface area contributed by atoms with Gasteiger partial charge in [-0.1, -0.05) is 60.7 Å². The van der Waals surface area contributed by atoms with Gasteiger partial charge in [0.25, 0.3) is 0 Å². The second kappa shape index (κ2) is 7.49. The molecule has 19 heavy (non-hydrogen) atoms. The van der Waals surface area contributed by atoms with Crippen LogP contribution in [0.15, 0.2) is 60.7 Å². The van der Waals surface area contributed by atoms with Gasteiger partial charge in [0, 0.05) is 12.8 Å². The summed E-state index contributed by atoms with van der Waals surface area (Å²) < 4.78 is 0. The largest absolute Gasteiger partial charge is 1.00 e. The predicted molar refractivity (Wildman–Crippen MR) is 70.3 cm³/mol. The molecule has 0 radical (unpaired) electrons. The Morgan fingerprint density at radius 1 is 0.632 bits per heavy atom. The number of rotatable bonds is 5. The molecule has 2 aromatic carbocycles. The van der Waals surface area contributed by atoms with Gasteiger partial charge in [-0.15, -0.1) is 0 Å². The van der Waals surface area contributed by atoms with Gasteiger partial charge in [0.15, 0.2) is 0 Å². The Hall–Kier alpha value is -1.93. The molecule has 2 nitrogen and oxygen atoms in total. The van der Waals surface area contributed by atoms with E-state index in [0.29, 0.717) is 0 Å². The first-order valence-corrected chi connectivity index (χ1v) is 5.89. The summed E-state index contributed by atoms with van der Waals surface area (Å²) in [5, 5.41) is 0. The van der Waals surface area contributed by atoms with Crippen LogP contribution in [0.4, 0.5) is 0 Å². The Balaban J connectivity index is 0.00000180. The molecule has 0 unspecified atom stereocenters. The molecule has 0 aliphatic heterocycles. The van der Waals surface area contributed by atoms with Gasteiger partial charge in [0.2, 0.25) is 11.6 Å². The van der Waals surface area contributed by atoms with E-state index in [0.717, 1.165) is 11.1 Å². The molecule has 0 fully saturated rings. The first kappa shape index (κ1) is 15.1. The molecule has 3 heteroatoms. The molecule has 0 saturated carbocycles. The van der Waals surface area contributed by atoms with E-state index in [1.165, 1.54) is 0 Å². The van der Waals surface area contributed by atoms with Gasteiger partial charge in [-0.3, -0.25) is 9.59 Å². The van der Waals surface area contributed by atoms with E-state index in [9.17, 15) is 9.59 Å². The third kappa shape index (κ3) is 4.68. The Labute approximate surface area is 118 Å². The molecule has 0 N–H and O–H groups in total. The lowest BCUT2D eigenvalue weighted by atomic mass is 10.0. The third-order valence-electron chi connectivity index (χ3n) is 2.73. The molecule has 0 aliphatic rings. The summed E-state index contributed by atoms with van der Waals surface area (Å²) in [6.07, 6.45) is 0.374. The minimum Gasteiger partial charge on any atom is -1.00 e. The standard InChI is InChI=1S/C16H14O2.ClH/c17-15(11-13-7-3-1-4-8-13)16(18)12-14-9-5-2-6-10-14;/h1-10H,11-12H2;1H/p-1. The molecule has 2 aromatic rings. The van der Waals surface area contributed by atoms with Crippen molar-refractivity contribution < 1.29 is 22.0 Å². The fourth-order valence-electron chi connectivity index (χ4n) is 1.76. The van der Waals surface area contributed by atoms with Crippen LogP contribution in [-0.4, -0.2) is 11.6 Å². The van der Waals surface area contributed by atoms with E-state index in [2.05, 4.69) is 0 Å². The van der Waals surface area contributed by atoms with Crippen molar-refractivity contribution in [1.82, 2.24) is 0 Å². The summed E-state index contributed by atoms with van der Waals surface area (Å²) >= 11 is 0. The number of halogens is 1. The molecular formula is C16H14ClO2-. The van der Waals surface area contributed by atoms with Crippen LogP contribution in [0.2, 0.25) is 0 Å². The second-order valence-corrected chi connectivity index (χ2v) is 4.17. The van der Waals surface area contributed by atoms with Crippen molar-refractivity contribution in [1.29, 1.82) is 0 Å². The van der Waals surface area contributed by atoms with Crippen LogP contribution in [-0.2, 0) is 22.4 Å². The lowest BCUT2D eigenvalue weighted by Gasteiger charge is -2.01. The molecule has 0 aromatic heterocycles. The minimum absolute atomic E-state index is 0. The number of hydrogen-bond donors (Lipinski definition) is 0.